The molecule has 0 unspecified atom stereocenters. The minimum Gasteiger partial charge on any atom is -0.492 e. The van der Waals surface area contributed by atoms with Gasteiger partial charge in [-0.15, -0.1) is 11.3 Å². The predicted octanol–water partition coefficient (Wildman–Crippen LogP) is 5.37. The van der Waals surface area contributed by atoms with E-state index in [0.29, 0.717) is 41.0 Å². The molecule has 4 aromatic rings. The summed E-state index contributed by atoms with van der Waals surface area (Å²) in [6, 6.07) is 5.79. The predicted molar refractivity (Wildman–Crippen MR) is 141 cm³/mol. The highest BCUT2D eigenvalue weighted by Crippen LogP contribution is 2.41. The van der Waals surface area contributed by atoms with Gasteiger partial charge in [0, 0.05) is 23.2 Å². The Morgan fingerprint density at radius 3 is 2.69 bits per heavy atom. The van der Waals surface area contributed by atoms with Crippen molar-refractivity contribution in [2.75, 3.05) is 26.2 Å². The third-order valence-electron chi connectivity index (χ3n) is 6.81. The number of aryl methyl sites for hydroxylation is 1. The Morgan fingerprint density at radius 2 is 1.97 bits per heavy atom. The molecule has 4 heterocycles. The van der Waals surface area contributed by atoms with Gasteiger partial charge in [0.15, 0.2) is 11.2 Å². The molecule has 36 heavy (non-hydrogen) atoms. The second-order valence-corrected chi connectivity index (χ2v) is 11.6. The van der Waals surface area contributed by atoms with Gasteiger partial charge in [-0.2, -0.15) is 4.98 Å². The largest absolute Gasteiger partial charge is 0.492 e. The number of aromatic nitrogens is 5. The van der Waals surface area contributed by atoms with Gasteiger partial charge in [-0.1, -0.05) is 11.6 Å². The highest BCUT2D eigenvalue weighted by molar-refractivity contribution is 7.11. The van der Waals surface area contributed by atoms with E-state index >= 15 is 0 Å². The number of fused-ring (bicyclic) bond motifs is 1. The summed E-state index contributed by atoms with van der Waals surface area (Å²) in [6.07, 6.45) is 8.00. The van der Waals surface area contributed by atoms with Gasteiger partial charge in [0.2, 0.25) is 5.88 Å². The molecule has 3 aromatic heterocycles. The van der Waals surface area contributed by atoms with Crippen LogP contribution in [-0.4, -0.2) is 61.2 Å². The minimum absolute atomic E-state index is 0.177. The summed E-state index contributed by atoms with van der Waals surface area (Å²) < 4.78 is 14.3. The fourth-order valence-corrected chi connectivity index (χ4v) is 5.56. The average molecular weight is 525 g/mol. The summed E-state index contributed by atoms with van der Waals surface area (Å²) >= 11 is 8.47. The van der Waals surface area contributed by atoms with E-state index in [4.69, 9.17) is 26.1 Å². The Hall–Kier alpha value is -2.75. The first-order valence-electron chi connectivity index (χ1n) is 12.4. The van der Waals surface area contributed by atoms with Crippen molar-refractivity contribution in [3.05, 3.63) is 45.6 Å². The van der Waals surface area contributed by atoms with Crippen LogP contribution in [0, 0.1) is 6.92 Å². The lowest BCUT2D eigenvalue weighted by Crippen LogP contribution is -2.25. The Labute approximate surface area is 219 Å². The van der Waals surface area contributed by atoms with E-state index in [1.54, 1.807) is 11.3 Å². The lowest BCUT2D eigenvalue weighted by atomic mass is 10.2. The van der Waals surface area contributed by atoms with E-state index in [0.717, 1.165) is 53.7 Å². The maximum absolute atomic E-state index is 6.81. The molecule has 0 radical (unpaired) electrons. The number of imidazole rings is 1. The van der Waals surface area contributed by atoms with Crippen molar-refractivity contribution in [3.8, 4) is 23.0 Å². The third kappa shape index (κ3) is 4.92. The molecule has 8 nitrogen and oxygen atoms in total. The van der Waals surface area contributed by atoms with Gasteiger partial charge in [0.05, 0.1) is 11.6 Å². The number of nitrogens with zero attached hydrogens (tertiary/aromatic N) is 6. The number of halogens is 1. The zero-order valence-electron chi connectivity index (χ0n) is 20.5. The van der Waals surface area contributed by atoms with Gasteiger partial charge >= 0.3 is 0 Å². The number of benzene rings is 1. The maximum Gasteiger partial charge on any atom is 0.245 e. The van der Waals surface area contributed by atoms with Gasteiger partial charge < -0.3 is 14.0 Å². The van der Waals surface area contributed by atoms with Gasteiger partial charge in [0.1, 0.15) is 35.1 Å². The molecule has 0 atom stereocenters. The fraction of sp³-hybridized carbons (Fsp3) is 0.462. The number of hydrogen-bond acceptors (Lipinski definition) is 8. The average Bonchev–Trinajstić information content (AvgIpc) is 3.24. The van der Waals surface area contributed by atoms with Crippen LogP contribution < -0.4 is 9.47 Å². The van der Waals surface area contributed by atoms with Crippen LogP contribution in [0.3, 0.4) is 0 Å². The molecule has 0 N–H and O–H groups in total. The summed E-state index contributed by atoms with van der Waals surface area (Å²) in [5.74, 6) is 1.97. The number of ether oxygens (including phenoxy) is 2. The first-order valence-corrected chi connectivity index (χ1v) is 13.6. The molecular weight excluding hydrogens is 496 g/mol. The van der Waals surface area contributed by atoms with Crippen LogP contribution >= 0.6 is 22.9 Å². The fourth-order valence-electron chi connectivity index (χ4n) is 4.53. The normalized spacial score (nSPS) is 17.1. The zero-order valence-corrected chi connectivity index (χ0v) is 22.1. The number of thiazole rings is 1. The van der Waals surface area contributed by atoms with Gasteiger partial charge in [0.25, 0.3) is 0 Å². The van der Waals surface area contributed by atoms with Crippen molar-refractivity contribution in [2.45, 2.75) is 51.7 Å². The molecule has 2 aliphatic rings. The summed E-state index contributed by atoms with van der Waals surface area (Å²) in [7, 11) is 0. The Morgan fingerprint density at radius 1 is 1.14 bits per heavy atom. The van der Waals surface area contributed by atoms with Crippen LogP contribution in [0.4, 0.5) is 0 Å². The zero-order chi connectivity index (χ0) is 24.7. The van der Waals surface area contributed by atoms with Gasteiger partial charge in [-0.3, -0.25) is 4.90 Å². The summed E-state index contributed by atoms with van der Waals surface area (Å²) in [6.45, 7) is 8.57. The molecule has 0 bridgehead atoms. The van der Waals surface area contributed by atoms with Gasteiger partial charge in [-0.05, 0) is 70.8 Å². The van der Waals surface area contributed by atoms with E-state index in [9.17, 15) is 0 Å². The summed E-state index contributed by atoms with van der Waals surface area (Å²) in [5, 5.41) is 1.55. The molecule has 0 spiro atoms. The molecule has 2 fully saturated rings. The maximum atomic E-state index is 6.81. The molecule has 1 aliphatic heterocycles. The summed E-state index contributed by atoms with van der Waals surface area (Å²) in [5.41, 5.74) is 1.96. The molecule has 1 aromatic carbocycles. The van der Waals surface area contributed by atoms with Crippen molar-refractivity contribution in [1.82, 2.24) is 29.4 Å². The summed E-state index contributed by atoms with van der Waals surface area (Å²) in [4.78, 5) is 22.1. The van der Waals surface area contributed by atoms with Crippen molar-refractivity contribution >= 4 is 34.1 Å². The second kappa shape index (κ2) is 9.61. The number of hydrogen-bond donors (Lipinski definition) is 0. The van der Waals surface area contributed by atoms with E-state index in [1.165, 1.54) is 19.2 Å². The third-order valence-corrected chi connectivity index (χ3v) is 8.02. The van der Waals surface area contributed by atoms with Crippen LogP contribution in [0.25, 0.3) is 22.6 Å². The minimum atomic E-state index is -0.177. The van der Waals surface area contributed by atoms with Crippen LogP contribution in [0.1, 0.15) is 42.5 Å². The second-order valence-electron chi connectivity index (χ2n) is 9.83. The quantitative estimate of drug-likeness (QED) is 0.291. The molecule has 1 aliphatic carbocycles. The van der Waals surface area contributed by atoms with Gasteiger partial charge in [-0.25, -0.2) is 15.0 Å². The standard InChI is InChI=1S/C26H29ClN6O2S/c1-17-14-28-21(36-17)15-33-23(31-22-24(33)29-16-30-25(22)35-26(2)7-8-26)19-6-5-18(13-20(19)27)34-12-11-32-9-3-4-10-32/h5-6,13-14,16H,3-4,7-12,15H2,1-2H3. The van der Waals surface area contributed by atoms with Crippen LogP contribution in [0.2, 0.25) is 5.02 Å². The lowest BCUT2D eigenvalue weighted by molar-refractivity contribution is 0.194. The first-order chi connectivity index (χ1) is 17.5. The number of likely N-dealkylation sites (tertiary alicyclic amines) is 1. The van der Waals surface area contributed by atoms with Crippen molar-refractivity contribution in [1.29, 1.82) is 0 Å². The van der Waals surface area contributed by atoms with Crippen LogP contribution in [0.15, 0.2) is 30.7 Å². The monoisotopic (exact) mass is 524 g/mol. The van der Waals surface area contributed by atoms with E-state index < -0.39 is 0 Å². The molecule has 188 valence electrons. The molecule has 1 saturated carbocycles. The van der Waals surface area contributed by atoms with E-state index in [-0.39, 0.29) is 5.60 Å². The molecular formula is C26H29ClN6O2S. The smallest absolute Gasteiger partial charge is 0.245 e. The van der Waals surface area contributed by atoms with Crippen LogP contribution in [-0.2, 0) is 6.54 Å². The highest BCUT2D eigenvalue weighted by Gasteiger charge is 2.41. The van der Waals surface area contributed by atoms with Crippen molar-refractivity contribution < 1.29 is 9.47 Å². The Kier molecular flexibility index (Phi) is 6.31. The molecule has 0 amide bonds. The van der Waals surface area contributed by atoms with E-state index in [1.807, 2.05) is 29.0 Å². The Balaban J connectivity index is 1.34. The highest BCUT2D eigenvalue weighted by atomic mass is 35.5. The van der Waals surface area contributed by atoms with E-state index in [2.05, 4.69) is 33.7 Å². The molecule has 10 heteroatoms. The first kappa shape index (κ1) is 23.6. The molecule has 6 rings (SSSR count). The SMILES string of the molecule is Cc1cnc(Cn2c(-c3ccc(OCCN4CCCC4)cc3Cl)nc3c(OC4(C)CC4)ncnc32)s1. The number of rotatable bonds is 9. The van der Waals surface area contributed by atoms with Crippen LogP contribution in [0.5, 0.6) is 11.6 Å². The Bertz CT molecular complexity index is 1390. The molecule has 1 saturated heterocycles. The van der Waals surface area contributed by atoms with Crippen molar-refractivity contribution in [2.24, 2.45) is 0 Å². The van der Waals surface area contributed by atoms with Crippen molar-refractivity contribution in [3.63, 3.8) is 0 Å². The topological polar surface area (TPSA) is 78.2 Å². The lowest BCUT2D eigenvalue weighted by Gasteiger charge is -2.15.